The number of methoxy groups -OCH3 is 1. The number of hydrogen-bond acceptors (Lipinski definition) is 8. The molecule has 4 rings (SSSR count). The average Bonchev–Trinajstić information content (AvgIpc) is 3.21. The zero-order valence-electron chi connectivity index (χ0n) is 20.4. The van der Waals surface area contributed by atoms with Gasteiger partial charge in [-0.3, -0.25) is 4.79 Å². The van der Waals surface area contributed by atoms with Gasteiger partial charge in [0.05, 0.1) is 40.2 Å². The molecule has 2 aromatic rings. The zero-order chi connectivity index (χ0) is 24.9. The number of thiophene rings is 1. The third kappa shape index (κ3) is 6.44. The number of aromatic nitrogens is 2. The van der Waals surface area contributed by atoms with Gasteiger partial charge in [0.25, 0.3) is 0 Å². The van der Waals surface area contributed by atoms with E-state index in [0.29, 0.717) is 33.9 Å². The Kier molecular flexibility index (Phi) is 8.49. The minimum Gasteiger partial charge on any atom is -0.487 e. The molecule has 35 heavy (non-hydrogen) atoms. The Hall–Kier alpha value is -2.39. The molecule has 0 aliphatic heterocycles. The second-order valence-corrected chi connectivity index (χ2v) is 11.1. The Balaban J connectivity index is 1.40. The molecular weight excluding hydrogens is 490 g/mol. The quantitative estimate of drug-likeness (QED) is 0.415. The number of carbonyl (C=O) groups is 2. The Labute approximate surface area is 214 Å². The topological polar surface area (TPSA) is 90.8 Å². The summed E-state index contributed by atoms with van der Waals surface area (Å²) < 4.78 is 17.2. The van der Waals surface area contributed by atoms with E-state index in [-0.39, 0.29) is 30.7 Å². The number of ether oxygens (including phenoxy) is 3. The van der Waals surface area contributed by atoms with Crippen LogP contribution in [0, 0.1) is 18.8 Å². The molecule has 2 aliphatic rings. The number of rotatable bonds is 8. The van der Waals surface area contributed by atoms with Gasteiger partial charge in [0.15, 0.2) is 11.6 Å². The predicted molar refractivity (Wildman–Crippen MR) is 134 cm³/mol. The minimum atomic E-state index is -0.344. The maximum atomic E-state index is 12.4. The summed E-state index contributed by atoms with van der Waals surface area (Å²) in [6, 6.07) is 1.79. The molecule has 0 spiro atoms. The summed E-state index contributed by atoms with van der Waals surface area (Å²) >= 11 is 7.64. The van der Waals surface area contributed by atoms with Gasteiger partial charge in [-0.2, -0.15) is 0 Å². The summed E-state index contributed by atoms with van der Waals surface area (Å²) in [5, 5.41) is 0. The number of nitrogens with zero attached hydrogens (tertiary/aromatic N) is 3. The number of esters is 1. The van der Waals surface area contributed by atoms with Crippen LogP contribution >= 0.6 is 22.9 Å². The molecule has 2 saturated carbocycles. The monoisotopic (exact) mass is 521 g/mol. The van der Waals surface area contributed by atoms with Gasteiger partial charge in [0, 0.05) is 19.2 Å². The highest BCUT2D eigenvalue weighted by molar-refractivity contribution is 7.19. The smallest absolute Gasteiger partial charge is 0.409 e. The highest BCUT2D eigenvalue weighted by Gasteiger charge is 2.29. The lowest BCUT2D eigenvalue weighted by molar-refractivity contribution is -0.147. The lowest BCUT2D eigenvalue weighted by Gasteiger charge is -2.29. The summed E-state index contributed by atoms with van der Waals surface area (Å²) in [4.78, 5) is 35.9. The lowest BCUT2D eigenvalue weighted by Crippen LogP contribution is -2.34. The Morgan fingerprint density at radius 3 is 2.69 bits per heavy atom. The van der Waals surface area contributed by atoms with Crippen LogP contribution in [0.2, 0.25) is 4.34 Å². The summed E-state index contributed by atoms with van der Waals surface area (Å²) in [5.74, 6) is 1.37. The van der Waals surface area contributed by atoms with E-state index >= 15 is 0 Å². The Bertz CT molecular complexity index is 1060. The second-order valence-electron chi connectivity index (χ2n) is 9.41. The number of carbonyl (C=O) groups excluding carboxylic acids is 2. The van der Waals surface area contributed by atoms with E-state index in [1.807, 2.05) is 6.92 Å². The molecule has 190 valence electrons. The Morgan fingerprint density at radius 1 is 1.23 bits per heavy atom. The van der Waals surface area contributed by atoms with Crippen molar-refractivity contribution in [2.24, 2.45) is 11.8 Å². The molecule has 0 bridgehead atoms. The molecule has 0 aromatic carbocycles. The fourth-order valence-electron chi connectivity index (χ4n) is 4.57. The van der Waals surface area contributed by atoms with Crippen molar-refractivity contribution in [3.8, 4) is 16.5 Å². The van der Waals surface area contributed by atoms with Gasteiger partial charge in [-0.1, -0.05) is 18.0 Å². The maximum Gasteiger partial charge on any atom is 0.409 e. The van der Waals surface area contributed by atoms with E-state index in [4.69, 9.17) is 25.8 Å². The molecule has 2 heterocycles. The van der Waals surface area contributed by atoms with Crippen molar-refractivity contribution in [3.05, 3.63) is 27.9 Å². The number of aryl methyl sites for hydroxylation is 1. The van der Waals surface area contributed by atoms with Crippen molar-refractivity contribution in [2.45, 2.75) is 64.6 Å². The van der Waals surface area contributed by atoms with Gasteiger partial charge >= 0.3 is 12.1 Å². The fraction of sp³-hybridized carbons (Fsp3) is 0.600. The molecule has 0 N–H and O–H groups in total. The molecule has 2 aromatic heterocycles. The van der Waals surface area contributed by atoms with Crippen LogP contribution in [0.1, 0.15) is 56.2 Å². The van der Waals surface area contributed by atoms with Crippen LogP contribution in [0.3, 0.4) is 0 Å². The maximum absolute atomic E-state index is 12.4. The van der Waals surface area contributed by atoms with Crippen LogP contribution < -0.4 is 4.74 Å². The van der Waals surface area contributed by atoms with Crippen molar-refractivity contribution >= 4 is 35.0 Å². The highest BCUT2D eigenvalue weighted by Crippen LogP contribution is 2.36. The normalized spacial score (nSPS) is 20.1. The standard InChI is InChI=1S/C25H32ClN3O5S/c1-15-20(34-19-9-5-8-17(10-19)24(30)32-3)12-27-23(28-15)22-18(11-21(26)35-22)14-33-25(31)29(2)13-16-6-4-7-16/h11-12,16-17,19H,4-10,13-14H2,1-3H3/t17-,19-/m0/s1. The second kappa shape index (κ2) is 11.6. The summed E-state index contributed by atoms with van der Waals surface area (Å²) in [5.41, 5.74) is 1.47. The van der Waals surface area contributed by atoms with Crippen LogP contribution in [-0.4, -0.2) is 53.7 Å². The number of hydrogen-bond donors (Lipinski definition) is 0. The first-order valence-corrected chi connectivity index (χ1v) is 13.3. The van der Waals surface area contributed by atoms with Gasteiger partial charge in [-0.05, 0) is 57.4 Å². The predicted octanol–water partition coefficient (Wildman–Crippen LogP) is 5.65. The van der Waals surface area contributed by atoms with Crippen LogP contribution in [0.5, 0.6) is 5.75 Å². The summed E-state index contributed by atoms with van der Waals surface area (Å²) in [7, 11) is 3.19. The van der Waals surface area contributed by atoms with E-state index in [2.05, 4.69) is 9.97 Å². The first kappa shape index (κ1) is 25.7. The van der Waals surface area contributed by atoms with Crippen molar-refractivity contribution in [2.75, 3.05) is 20.7 Å². The Morgan fingerprint density at radius 2 is 2.00 bits per heavy atom. The molecule has 8 nitrogen and oxygen atoms in total. The highest BCUT2D eigenvalue weighted by atomic mass is 35.5. The molecule has 1 amide bonds. The van der Waals surface area contributed by atoms with E-state index in [9.17, 15) is 9.59 Å². The summed E-state index contributed by atoms with van der Waals surface area (Å²) in [6.07, 6.45) is 8.05. The SMILES string of the molecule is COC(=O)[C@H]1CCC[C@H](Oc2cnc(-c3sc(Cl)cc3COC(=O)N(C)CC3CCC3)nc2C)C1. The van der Waals surface area contributed by atoms with Gasteiger partial charge in [-0.25, -0.2) is 14.8 Å². The first-order valence-electron chi connectivity index (χ1n) is 12.1. The van der Waals surface area contributed by atoms with Gasteiger partial charge in [-0.15, -0.1) is 11.3 Å². The lowest BCUT2D eigenvalue weighted by atomic mass is 9.85. The largest absolute Gasteiger partial charge is 0.487 e. The number of halogens is 1. The molecule has 10 heteroatoms. The van der Waals surface area contributed by atoms with Crippen LogP contribution in [-0.2, 0) is 20.9 Å². The van der Waals surface area contributed by atoms with Gasteiger partial charge in [0.2, 0.25) is 0 Å². The summed E-state index contributed by atoms with van der Waals surface area (Å²) in [6.45, 7) is 2.69. The fourth-order valence-corrected chi connectivity index (χ4v) is 5.77. The molecule has 0 radical (unpaired) electrons. The van der Waals surface area contributed by atoms with E-state index in [0.717, 1.165) is 36.2 Å². The van der Waals surface area contributed by atoms with E-state index in [1.165, 1.54) is 37.7 Å². The molecular formula is C25H32ClN3O5S. The third-order valence-electron chi connectivity index (χ3n) is 6.79. The van der Waals surface area contributed by atoms with Gasteiger partial charge < -0.3 is 19.1 Å². The minimum absolute atomic E-state index is 0.0796. The molecule has 2 aliphatic carbocycles. The first-order chi connectivity index (χ1) is 16.8. The average molecular weight is 522 g/mol. The van der Waals surface area contributed by atoms with E-state index in [1.54, 1.807) is 24.2 Å². The van der Waals surface area contributed by atoms with E-state index < -0.39 is 0 Å². The third-order valence-corrected chi connectivity index (χ3v) is 8.09. The molecule has 2 fully saturated rings. The van der Waals surface area contributed by atoms with Crippen LogP contribution in [0.4, 0.5) is 4.79 Å². The zero-order valence-corrected chi connectivity index (χ0v) is 22.0. The van der Waals surface area contributed by atoms with Crippen molar-refractivity contribution in [1.82, 2.24) is 14.9 Å². The number of amides is 1. The van der Waals surface area contributed by atoms with Crippen LogP contribution in [0.15, 0.2) is 12.3 Å². The van der Waals surface area contributed by atoms with Crippen molar-refractivity contribution < 1.29 is 23.8 Å². The molecule has 0 saturated heterocycles. The van der Waals surface area contributed by atoms with Gasteiger partial charge in [0.1, 0.15) is 6.61 Å². The van der Waals surface area contributed by atoms with Crippen molar-refractivity contribution in [3.63, 3.8) is 0 Å². The molecule has 0 unspecified atom stereocenters. The van der Waals surface area contributed by atoms with Crippen LogP contribution in [0.25, 0.3) is 10.7 Å². The molecule has 2 atom stereocenters. The van der Waals surface area contributed by atoms with Crippen molar-refractivity contribution in [1.29, 1.82) is 0 Å².